The van der Waals surface area contributed by atoms with Gasteiger partial charge in [0.15, 0.2) is 0 Å². The summed E-state index contributed by atoms with van der Waals surface area (Å²) in [4.78, 5) is 22.5. The Bertz CT molecular complexity index is 408. The number of aromatic nitrogens is 2. The molecule has 18 heavy (non-hydrogen) atoms. The van der Waals surface area contributed by atoms with Crippen LogP contribution in [0.15, 0.2) is 12.4 Å². The fourth-order valence-electron chi connectivity index (χ4n) is 1.27. The molecule has 1 heterocycles. The van der Waals surface area contributed by atoms with Gasteiger partial charge in [0.2, 0.25) is 0 Å². The van der Waals surface area contributed by atoms with Gasteiger partial charge in [-0.2, -0.15) is 5.10 Å². The van der Waals surface area contributed by atoms with Crippen LogP contribution in [-0.4, -0.2) is 39.0 Å². The van der Waals surface area contributed by atoms with Gasteiger partial charge in [0.05, 0.1) is 6.20 Å². The van der Waals surface area contributed by atoms with E-state index in [0.29, 0.717) is 5.56 Å². The minimum atomic E-state index is -1.12. The number of H-pyrrole nitrogens is 1. The minimum Gasteiger partial charge on any atom is -0.480 e. The summed E-state index contributed by atoms with van der Waals surface area (Å²) in [6.45, 7) is 5.12. The van der Waals surface area contributed by atoms with Gasteiger partial charge in [0.25, 0.3) is 0 Å². The van der Waals surface area contributed by atoms with Gasteiger partial charge in [0.1, 0.15) is 11.6 Å². The average Bonchev–Trinajstić information content (AvgIpc) is 2.66. The van der Waals surface area contributed by atoms with Crippen LogP contribution in [0.3, 0.4) is 0 Å². The van der Waals surface area contributed by atoms with E-state index < -0.39 is 23.7 Å². The van der Waals surface area contributed by atoms with Gasteiger partial charge >= 0.3 is 12.1 Å². The number of ether oxygens (including phenoxy) is 1. The molecule has 3 N–H and O–H groups in total. The number of hydrogen-bond donors (Lipinski definition) is 3. The Kier molecular flexibility index (Phi) is 4.30. The highest BCUT2D eigenvalue weighted by atomic mass is 16.6. The predicted molar refractivity (Wildman–Crippen MR) is 63.1 cm³/mol. The zero-order valence-electron chi connectivity index (χ0n) is 10.6. The first-order valence-electron chi connectivity index (χ1n) is 5.48. The third-order valence-corrected chi connectivity index (χ3v) is 1.98. The van der Waals surface area contributed by atoms with E-state index in [9.17, 15) is 9.59 Å². The third-order valence-electron chi connectivity index (χ3n) is 1.98. The van der Waals surface area contributed by atoms with E-state index >= 15 is 0 Å². The summed E-state index contributed by atoms with van der Waals surface area (Å²) < 4.78 is 5.00. The topological polar surface area (TPSA) is 104 Å². The zero-order chi connectivity index (χ0) is 13.8. The summed E-state index contributed by atoms with van der Waals surface area (Å²) in [5.41, 5.74) is 0.0291. The number of carboxylic acids is 1. The van der Waals surface area contributed by atoms with Gasteiger partial charge in [-0.1, -0.05) is 0 Å². The molecule has 7 heteroatoms. The number of hydrogen-bond acceptors (Lipinski definition) is 4. The molecule has 7 nitrogen and oxygen atoms in total. The molecule has 1 atom stereocenters. The van der Waals surface area contributed by atoms with Gasteiger partial charge in [0, 0.05) is 12.6 Å². The molecule has 0 saturated carbocycles. The van der Waals surface area contributed by atoms with E-state index in [2.05, 4.69) is 15.5 Å². The van der Waals surface area contributed by atoms with E-state index in [-0.39, 0.29) is 6.42 Å². The fourth-order valence-corrected chi connectivity index (χ4v) is 1.27. The van der Waals surface area contributed by atoms with Gasteiger partial charge in [-0.3, -0.25) is 5.10 Å². The standard InChI is InChI=1S/C11H17N3O4/c1-11(2,3)18-10(17)14-8(9(15)16)4-7-5-12-13-6-7/h5-6,8H,4H2,1-3H3,(H,12,13)(H,14,17)(H,15,16)/t8-/m0/s1. The molecule has 0 bridgehead atoms. The highest BCUT2D eigenvalue weighted by Gasteiger charge is 2.24. The summed E-state index contributed by atoms with van der Waals surface area (Å²) in [5, 5.41) is 17.6. The Morgan fingerprint density at radius 1 is 1.56 bits per heavy atom. The lowest BCUT2D eigenvalue weighted by Gasteiger charge is -2.21. The van der Waals surface area contributed by atoms with Gasteiger partial charge < -0.3 is 15.2 Å². The summed E-state index contributed by atoms with van der Waals surface area (Å²) in [6, 6.07) is -1.04. The smallest absolute Gasteiger partial charge is 0.408 e. The second-order valence-electron chi connectivity index (χ2n) is 4.85. The Hall–Kier alpha value is -2.05. The molecule has 0 saturated heterocycles. The van der Waals surface area contributed by atoms with Crippen LogP contribution in [0.2, 0.25) is 0 Å². The highest BCUT2D eigenvalue weighted by Crippen LogP contribution is 2.08. The number of amides is 1. The van der Waals surface area contributed by atoms with E-state index in [1.54, 1.807) is 27.0 Å². The van der Waals surface area contributed by atoms with Crippen molar-refractivity contribution >= 4 is 12.1 Å². The number of carboxylic acid groups (broad SMARTS) is 1. The minimum absolute atomic E-state index is 0.144. The number of aromatic amines is 1. The SMILES string of the molecule is CC(C)(C)OC(=O)N[C@@H](Cc1cn[nH]c1)C(=O)O. The van der Waals surface area contributed by atoms with Crippen LogP contribution in [-0.2, 0) is 16.0 Å². The lowest BCUT2D eigenvalue weighted by Crippen LogP contribution is -2.44. The molecule has 1 aromatic rings. The van der Waals surface area contributed by atoms with E-state index in [0.717, 1.165) is 0 Å². The molecule has 100 valence electrons. The average molecular weight is 255 g/mol. The van der Waals surface area contributed by atoms with Crippen molar-refractivity contribution in [3.05, 3.63) is 18.0 Å². The molecule has 0 aliphatic rings. The second-order valence-corrected chi connectivity index (χ2v) is 4.85. The number of alkyl carbamates (subject to hydrolysis) is 1. The van der Waals surface area contributed by atoms with Crippen LogP contribution in [0.4, 0.5) is 4.79 Å². The quantitative estimate of drug-likeness (QED) is 0.742. The molecule has 1 rings (SSSR count). The summed E-state index contributed by atoms with van der Waals surface area (Å²) >= 11 is 0. The first-order valence-corrected chi connectivity index (χ1v) is 5.48. The van der Waals surface area contributed by atoms with Crippen LogP contribution in [0.1, 0.15) is 26.3 Å². The number of rotatable bonds is 4. The van der Waals surface area contributed by atoms with Crippen molar-refractivity contribution < 1.29 is 19.4 Å². The van der Waals surface area contributed by atoms with Gasteiger partial charge in [-0.25, -0.2) is 9.59 Å². The van der Waals surface area contributed by atoms with Crippen molar-refractivity contribution in [1.82, 2.24) is 15.5 Å². The maximum atomic E-state index is 11.5. The molecular weight excluding hydrogens is 238 g/mol. The number of carbonyl (C=O) groups excluding carboxylic acids is 1. The molecule has 1 amide bonds. The monoisotopic (exact) mass is 255 g/mol. The molecule has 0 radical (unpaired) electrons. The predicted octanol–water partition coefficient (Wildman–Crippen LogP) is 0.930. The largest absolute Gasteiger partial charge is 0.480 e. The molecule has 1 aromatic heterocycles. The molecule has 0 aliphatic carbocycles. The van der Waals surface area contributed by atoms with Crippen molar-refractivity contribution in [2.45, 2.75) is 38.8 Å². The van der Waals surface area contributed by atoms with Crippen LogP contribution in [0.25, 0.3) is 0 Å². The fraction of sp³-hybridized carbons (Fsp3) is 0.545. The maximum absolute atomic E-state index is 11.5. The number of carbonyl (C=O) groups is 2. The Balaban J connectivity index is 2.58. The van der Waals surface area contributed by atoms with Gasteiger partial charge in [-0.15, -0.1) is 0 Å². The highest BCUT2D eigenvalue weighted by molar-refractivity contribution is 5.80. The third kappa shape index (κ3) is 4.86. The number of aliphatic carboxylic acids is 1. The van der Waals surface area contributed by atoms with Crippen LogP contribution in [0, 0.1) is 0 Å². The molecule has 0 aliphatic heterocycles. The molecular formula is C11H17N3O4. The van der Waals surface area contributed by atoms with Crippen molar-refractivity contribution in [2.24, 2.45) is 0 Å². The van der Waals surface area contributed by atoms with Crippen LogP contribution in [0.5, 0.6) is 0 Å². The van der Waals surface area contributed by atoms with E-state index in [1.165, 1.54) is 6.20 Å². The lowest BCUT2D eigenvalue weighted by atomic mass is 10.1. The first kappa shape index (κ1) is 14.0. The Morgan fingerprint density at radius 2 is 2.22 bits per heavy atom. The summed E-state index contributed by atoms with van der Waals surface area (Å²) in [6.07, 6.45) is 2.48. The normalized spacial score (nSPS) is 12.8. The zero-order valence-corrected chi connectivity index (χ0v) is 10.6. The summed E-state index contributed by atoms with van der Waals surface area (Å²) in [7, 11) is 0. The molecule has 0 fully saturated rings. The Labute approximate surface area is 105 Å². The van der Waals surface area contributed by atoms with E-state index in [1.807, 2.05) is 0 Å². The van der Waals surface area contributed by atoms with Crippen molar-refractivity contribution in [2.75, 3.05) is 0 Å². The second kappa shape index (κ2) is 5.52. The summed E-state index contributed by atoms with van der Waals surface area (Å²) in [5.74, 6) is -1.12. The van der Waals surface area contributed by atoms with Crippen LogP contribution >= 0.6 is 0 Å². The van der Waals surface area contributed by atoms with E-state index in [4.69, 9.17) is 9.84 Å². The van der Waals surface area contributed by atoms with Crippen LogP contribution < -0.4 is 5.32 Å². The maximum Gasteiger partial charge on any atom is 0.408 e. The van der Waals surface area contributed by atoms with Crippen molar-refractivity contribution in [1.29, 1.82) is 0 Å². The first-order chi connectivity index (χ1) is 8.28. The van der Waals surface area contributed by atoms with Crippen molar-refractivity contribution in [3.63, 3.8) is 0 Å². The molecule has 0 unspecified atom stereocenters. The lowest BCUT2D eigenvalue weighted by molar-refractivity contribution is -0.139. The Morgan fingerprint density at radius 3 is 2.67 bits per heavy atom. The number of nitrogens with zero attached hydrogens (tertiary/aromatic N) is 1. The molecule has 0 aromatic carbocycles. The van der Waals surface area contributed by atoms with Gasteiger partial charge in [-0.05, 0) is 26.3 Å². The molecule has 0 spiro atoms. The van der Waals surface area contributed by atoms with Crippen molar-refractivity contribution in [3.8, 4) is 0 Å². The number of nitrogens with one attached hydrogen (secondary N) is 2.